The third-order valence-electron chi connectivity index (χ3n) is 9.85. The molecule has 42 heavy (non-hydrogen) atoms. The average molecular weight is 575 g/mol. The summed E-state index contributed by atoms with van der Waals surface area (Å²) >= 11 is 0. The Labute approximate surface area is 252 Å². The van der Waals surface area contributed by atoms with Crippen molar-refractivity contribution in [2.75, 3.05) is 52.9 Å². The third kappa shape index (κ3) is 6.88. The Morgan fingerprint density at radius 1 is 0.690 bits per heavy atom. The maximum absolute atomic E-state index is 12.4. The van der Waals surface area contributed by atoms with Crippen LogP contribution in [0.1, 0.15) is 57.1 Å². The summed E-state index contributed by atoms with van der Waals surface area (Å²) in [7, 11) is 2.14. The van der Waals surface area contributed by atoms with E-state index in [1.54, 1.807) is 0 Å². The van der Waals surface area contributed by atoms with Crippen LogP contribution < -0.4 is 10.6 Å². The van der Waals surface area contributed by atoms with Crippen LogP contribution >= 0.6 is 0 Å². The lowest BCUT2D eigenvalue weighted by molar-refractivity contribution is -0.133. The van der Waals surface area contributed by atoms with Gasteiger partial charge in [-0.1, -0.05) is 68.1 Å². The number of carbonyl (C=O) groups excluding carboxylic acids is 2. The van der Waals surface area contributed by atoms with Crippen LogP contribution in [0.3, 0.4) is 0 Å². The lowest BCUT2D eigenvalue weighted by Gasteiger charge is -2.44. The summed E-state index contributed by atoms with van der Waals surface area (Å²) in [5.74, 6) is 1.43. The van der Waals surface area contributed by atoms with Crippen LogP contribution in [0.2, 0.25) is 0 Å². The van der Waals surface area contributed by atoms with Crippen LogP contribution in [0.4, 0.5) is 0 Å². The van der Waals surface area contributed by atoms with Crippen molar-refractivity contribution in [3.8, 4) is 0 Å². The van der Waals surface area contributed by atoms with Crippen molar-refractivity contribution in [2.45, 2.75) is 70.4 Å². The Balaban J connectivity index is 0.000000166. The molecule has 1 aliphatic carbocycles. The maximum Gasteiger partial charge on any atom is 0.238 e. The van der Waals surface area contributed by atoms with Crippen molar-refractivity contribution in [3.63, 3.8) is 0 Å². The predicted molar refractivity (Wildman–Crippen MR) is 167 cm³/mol. The number of carbonyl (C=O) groups is 2. The van der Waals surface area contributed by atoms with Gasteiger partial charge in [0.2, 0.25) is 11.8 Å². The highest BCUT2D eigenvalue weighted by Crippen LogP contribution is 2.35. The molecular formula is C34H50N6O2. The average Bonchev–Trinajstić information content (AvgIpc) is 3.72. The van der Waals surface area contributed by atoms with E-state index in [1.807, 2.05) is 36.4 Å². The number of likely N-dealkylation sites (tertiary alicyclic amines) is 2. The van der Waals surface area contributed by atoms with Gasteiger partial charge in [0.15, 0.2) is 0 Å². The van der Waals surface area contributed by atoms with E-state index in [2.05, 4.69) is 61.5 Å². The molecule has 4 aliphatic heterocycles. The Morgan fingerprint density at radius 3 is 1.55 bits per heavy atom. The number of hydrogen-bond acceptors (Lipinski definition) is 6. The van der Waals surface area contributed by atoms with Crippen LogP contribution in [-0.4, -0.2) is 95.6 Å². The molecule has 1 saturated carbocycles. The van der Waals surface area contributed by atoms with E-state index < -0.39 is 0 Å². The minimum atomic E-state index is -0.112. The first-order chi connectivity index (χ1) is 19.9. The highest BCUT2D eigenvalue weighted by Gasteiger charge is 2.47. The molecule has 7 rings (SSSR count). The van der Waals surface area contributed by atoms with Crippen LogP contribution in [0.25, 0.3) is 0 Å². The summed E-state index contributed by atoms with van der Waals surface area (Å²) in [5, 5.41) is 6.99. The second-order valence-electron chi connectivity index (χ2n) is 12.7. The SMILES string of the molecule is C.CN1CCC2(CC1)NCC(=O)N2Cc1ccccc1.O=C1CNC2(CCN(CC3CC3)CC2)N1Cc1ccccc1. The van der Waals surface area contributed by atoms with E-state index >= 15 is 0 Å². The maximum atomic E-state index is 12.4. The molecule has 4 saturated heterocycles. The molecule has 2 N–H and O–H groups in total. The second-order valence-corrected chi connectivity index (χ2v) is 12.7. The Morgan fingerprint density at radius 2 is 1.12 bits per heavy atom. The largest absolute Gasteiger partial charge is 0.319 e. The second kappa shape index (κ2) is 13.2. The van der Waals surface area contributed by atoms with Crippen molar-refractivity contribution in [1.82, 2.24) is 30.2 Å². The first kappa shape index (κ1) is 30.7. The minimum Gasteiger partial charge on any atom is -0.319 e. The normalized spacial score (nSPS) is 23.6. The Kier molecular flexibility index (Phi) is 9.67. The topological polar surface area (TPSA) is 71.2 Å². The molecule has 5 fully saturated rings. The summed E-state index contributed by atoms with van der Waals surface area (Å²) in [6.45, 7) is 8.02. The molecule has 0 radical (unpaired) electrons. The van der Waals surface area contributed by atoms with Gasteiger partial charge in [-0.05, 0) is 62.6 Å². The predicted octanol–water partition coefficient (Wildman–Crippen LogP) is 3.50. The Bertz CT molecular complexity index is 1170. The molecule has 228 valence electrons. The van der Waals surface area contributed by atoms with E-state index in [9.17, 15) is 9.59 Å². The van der Waals surface area contributed by atoms with E-state index in [4.69, 9.17) is 0 Å². The first-order valence-electron chi connectivity index (χ1n) is 15.5. The molecule has 0 atom stereocenters. The molecule has 0 aromatic heterocycles. The van der Waals surface area contributed by atoms with Crippen LogP contribution in [0, 0.1) is 5.92 Å². The smallest absolute Gasteiger partial charge is 0.238 e. The number of piperidine rings is 2. The molecule has 8 nitrogen and oxygen atoms in total. The standard InChI is InChI=1S/C18H25N3O.C15H21N3O.CH4/c22-17-12-19-18(21(17)14-15-4-2-1-3-5-15)8-10-20(11-9-18)13-16-6-7-16;1-17-9-7-15(8-10-17)16-11-14(19)18(15)12-13-5-3-2-4-6-13;/h1-5,16,19H,6-14H2;2-6,16H,7-12H2,1H3;1H4. The molecular weight excluding hydrogens is 524 g/mol. The first-order valence-corrected chi connectivity index (χ1v) is 15.5. The van der Waals surface area contributed by atoms with Crippen molar-refractivity contribution in [1.29, 1.82) is 0 Å². The van der Waals surface area contributed by atoms with Crippen molar-refractivity contribution < 1.29 is 9.59 Å². The van der Waals surface area contributed by atoms with Crippen LogP contribution in [-0.2, 0) is 22.7 Å². The van der Waals surface area contributed by atoms with Crippen molar-refractivity contribution >= 4 is 11.8 Å². The molecule has 4 heterocycles. The number of hydrogen-bond donors (Lipinski definition) is 2. The third-order valence-corrected chi connectivity index (χ3v) is 9.85. The fourth-order valence-corrected chi connectivity index (χ4v) is 7.00. The summed E-state index contributed by atoms with van der Waals surface area (Å²) < 4.78 is 0. The number of nitrogens with one attached hydrogen (secondary N) is 2. The van der Waals surface area contributed by atoms with E-state index in [0.717, 1.165) is 70.9 Å². The van der Waals surface area contributed by atoms with Gasteiger partial charge in [-0.25, -0.2) is 0 Å². The number of amides is 2. The summed E-state index contributed by atoms with van der Waals surface area (Å²) in [6, 6.07) is 20.6. The van der Waals surface area contributed by atoms with E-state index in [1.165, 1.54) is 30.5 Å². The van der Waals surface area contributed by atoms with Gasteiger partial charge in [-0.15, -0.1) is 0 Å². The molecule has 2 spiro atoms. The molecule has 2 amide bonds. The van der Waals surface area contributed by atoms with Gasteiger partial charge in [0.25, 0.3) is 0 Å². The van der Waals surface area contributed by atoms with Gasteiger partial charge in [-0.2, -0.15) is 0 Å². The molecule has 5 aliphatic rings. The minimum absolute atomic E-state index is 0. The molecule has 2 aromatic carbocycles. The van der Waals surface area contributed by atoms with E-state index in [0.29, 0.717) is 13.1 Å². The molecule has 8 heteroatoms. The zero-order chi connectivity index (χ0) is 28.3. The summed E-state index contributed by atoms with van der Waals surface area (Å²) in [6.07, 6.45) is 6.97. The highest BCUT2D eigenvalue weighted by molar-refractivity contribution is 5.82. The van der Waals surface area contributed by atoms with Crippen LogP contribution in [0.15, 0.2) is 60.7 Å². The van der Waals surface area contributed by atoms with Crippen LogP contribution in [0.5, 0.6) is 0 Å². The van der Waals surface area contributed by atoms with Crippen molar-refractivity contribution in [2.24, 2.45) is 5.92 Å². The monoisotopic (exact) mass is 574 g/mol. The van der Waals surface area contributed by atoms with Gasteiger partial charge in [0, 0.05) is 45.8 Å². The molecule has 0 unspecified atom stereocenters. The lowest BCUT2D eigenvalue weighted by Crippen LogP contribution is -2.58. The van der Waals surface area contributed by atoms with Gasteiger partial charge < -0.3 is 19.6 Å². The van der Waals surface area contributed by atoms with Gasteiger partial charge >= 0.3 is 0 Å². The highest BCUT2D eigenvalue weighted by atomic mass is 16.2. The fraction of sp³-hybridized carbons (Fsp3) is 0.588. The zero-order valence-electron chi connectivity index (χ0n) is 24.6. The van der Waals surface area contributed by atoms with E-state index in [-0.39, 0.29) is 30.6 Å². The van der Waals surface area contributed by atoms with Crippen molar-refractivity contribution in [3.05, 3.63) is 71.8 Å². The Hall–Kier alpha value is -2.78. The van der Waals surface area contributed by atoms with Gasteiger partial charge in [0.1, 0.15) is 0 Å². The lowest BCUT2D eigenvalue weighted by atomic mass is 9.95. The zero-order valence-corrected chi connectivity index (χ0v) is 24.6. The number of benzene rings is 2. The molecule has 2 aromatic rings. The summed E-state index contributed by atoms with van der Waals surface area (Å²) in [5.41, 5.74) is 2.21. The van der Waals surface area contributed by atoms with Gasteiger partial charge in [0.05, 0.1) is 24.4 Å². The number of nitrogens with zero attached hydrogens (tertiary/aromatic N) is 4. The number of rotatable bonds is 6. The summed E-state index contributed by atoms with van der Waals surface area (Å²) in [4.78, 5) is 33.6. The molecule has 0 bridgehead atoms. The van der Waals surface area contributed by atoms with Gasteiger partial charge in [-0.3, -0.25) is 20.2 Å². The fourth-order valence-electron chi connectivity index (χ4n) is 7.00. The quantitative estimate of drug-likeness (QED) is 0.551.